The van der Waals surface area contributed by atoms with Gasteiger partial charge in [-0.2, -0.15) is 0 Å². The molecular formula is C20H25N3O4S2. The highest BCUT2D eigenvalue weighted by atomic mass is 32.2. The van der Waals surface area contributed by atoms with E-state index in [0.29, 0.717) is 18.8 Å². The first-order valence-corrected chi connectivity index (χ1v) is 11.9. The summed E-state index contributed by atoms with van der Waals surface area (Å²) >= 11 is 1.72. The van der Waals surface area contributed by atoms with E-state index in [0.717, 1.165) is 6.42 Å². The second-order valence-corrected chi connectivity index (χ2v) is 10.00. The lowest BCUT2D eigenvalue weighted by molar-refractivity contribution is -0.133. The molecule has 0 aliphatic carbocycles. The smallest absolute Gasteiger partial charge is 0.240 e. The topological polar surface area (TPSA) is 95.6 Å². The van der Waals surface area contributed by atoms with Gasteiger partial charge in [0.2, 0.25) is 21.8 Å². The van der Waals surface area contributed by atoms with Gasteiger partial charge in [-0.05, 0) is 61.5 Å². The van der Waals surface area contributed by atoms with Gasteiger partial charge in [0.05, 0.1) is 4.90 Å². The SMILES string of the molecule is CC(C)NS(=O)(=O)c1ccc(NC(=O)CCC(=O)N2CCc3sccc3C2)cc1. The Morgan fingerprint density at radius 2 is 1.86 bits per heavy atom. The summed E-state index contributed by atoms with van der Waals surface area (Å²) < 4.78 is 26.8. The first-order chi connectivity index (χ1) is 13.7. The number of amides is 2. The Morgan fingerprint density at radius 1 is 1.14 bits per heavy atom. The number of carbonyl (C=O) groups is 2. The average Bonchev–Trinajstić information content (AvgIpc) is 3.13. The van der Waals surface area contributed by atoms with Gasteiger partial charge in [-0.15, -0.1) is 11.3 Å². The number of benzene rings is 1. The van der Waals surface area contributed by atoms with E-state index in [2.05, 4.69) is 10.0 Å². The fourth-order valence-corrected chi connectivity index (χ4v) is 5.30. The minimum Gasteiger partial charge on any atom is -0.338 e. The van der Waals surface area contributed by atoms with Crippen LogP contribution >= 0.6 is 11.3 Å². The monoisotopic (exact) mass is 435 g/mol. The lowest BCUT2D eigenvalue weighted by Crippen LogP contribution is -2.35. The van der Waals surface area contributed by atoms with Gasteiger partial charge in [0, 0.05) is 42.5 Å². The molecule has 0 fully saturated rings. The molecule has 156 valence electrons. The lowest BCUT2D eigenvalue weighted by Gasteiger charge is -2.27. The van der Waals surface area contributed by atoms with Crippen LogP contribution in [0.5, 0.6) is 0 Å². The van der Waals surface area contributed by atoms with Gasteiger partial charge in [-0.3, -0.25) is 9.59 Å². The number of nitrogens with zero attached hydrogens (tertiary/aromatic N) is 1. The molecular weight excluding hydrogens is 410 g/mol. The number of hydrogen-bond acceptors (Lipinski definition) is 5. The van der Waals surface area contributed by atoms with Gasteiger partial charge in [0.15, 0.2) is 0 Å². The maximum atomic E-state index is 12.4. The van der Waals surface area contributed by atoms with Crippen LogP contribution in [-0.4, -0.2) is 37.7 Å². The Bertz CT molecular complexity index is 981. The molecule has 0 spiro atoms. The predicted molar refractivity (Wildman–Crippen MR) is 113 cm³/mol. The summed E-state index contributed by atoms with van der Waals surface area (Å²) in [5.74, 6) is -0.305. The zero-order valence-corrected chi connectivity index (χ0v) is 18.1. The van der Waals surface area contributed by atoms with Gasteiger partial charge in [0.25, 0.3) is 0 Å². The molecule has 0 unspecified atom stereocenters. The van der Waals surface area contributed by atoms with Crippen molar-refractivity contribution >= 4 is 38.9 Å². The molecule has 2 amide bonds. The summed E-state index contributed by atoms with van der Waals surface area (Å²) in [6.45, 7) is 4.79. The van der Waals surface area contributed by atoms with E-state index >= 15 is 0 Å². The maximum absolute atomic E-state index is 12.4. The van der Waals surface area contributed by atoms with Crippen molar-refractivity contribution in [1.82, 2.24) is 9.62 Å². The molecule has 2 N–H and O–H groups in total. The highest BCUT2D eigenvalue weighted by molar-refractivity contribution is 7.89. The van der Waals surface area contributed by atoms with Crippen molar-refractivity contribution in [3.05, 3.63) is 46.2 Å². The molecule has 29 heavy (non-hydrogen) atoms. The Hall–Kier alpha value is -2.23. The number of rotatable bonds is 7. The molecule has 9 heteroatoms. The third-order valence-corrected chi connectivity index (χ3v) is 7.26. The van der Waals surface area contributed by atoms with Crippen molar-refractivity contribution in [2.24, 2.45) is 0 Å². The average molecular weight is 436 g/mol. The van der Waals surface area contributed by atoms with Crippen molar-refractivity contribution in [1.29, 1.82) is 0 Å². The number of anilines is 1. The zero-order chi connectivity index (χ0) is 21.0. The fourth-order valence-electron chi connectivity index (χ4n) is 3.16. The molecule has 0 saturated heterocycles. The van der Waals surface area contributed by atoms with E-state index in [-0.39, 0.29) is 35.6 Å². The van der Waals surface area contributed by atoms with Crippen LogP contribution < -0.4 is 10.0 Å². The van der Waals surface area contributed by atoms with Crippen LogP contribution in [0, 0.1) is 0 Å². The molecule has 1 aliphatic rings. The number of sulfonamides is 1. The van der Waals surface area contributed by atoms with Crippen LogP contribution in [0.3, 0.4) is 0 Å². The molecule has 2 heterocycles. The number of nitrogens with one attached hydrogen (secondary N) is 2. The Morgan fingerprint density at radius 3 is 2.55 bits per heavy atom. The van der Waals surface area contributed by atoms with Crippen LogP contribution in [0.2, 0.25) is 0 Å². The van der Waals surface area contributed by atoms with Crippen molar-refractivity contribution in [3.63, 3.8) is 0 Å². The predicted octanol–water partition coefficient (Wildman–Crippen LogP) is 2.74. The Kier molecular flexibility index (Phi) is 6.71. The van der Waals surface area contributed by atoms with Crippen LogP contribution in [0.4, 0.5) is 5.69 Å². The molecule has 0 saturated carbocycles. The molecule has 0 radical (unpaired) electrons. The normalized spacial score (nSPS) is 14.0. The molecule has 1 aliphatic heterocycles. The third-order valence-electron chi connectivity index (χ3n) is 4.57. The van der Waals surface area contributed by atoms with E-state index in [1.165, 1.54) is 34.7 Å². The van der Waals surface area contributed by atoms with Crippen LogP contribution in [0.15, 0.2) is 40.6 Å². The Labute approximate surface area is 175 Å². The highest BCUT2D eigenvalue weighted by Gasteiger charge is 2.22. The summed E-state index contributed by atoms with van der Waals surface area (Å²) in [6.07, 6.45) is 1.10. The van der Waals surface area contributed by atoms with Gasteiger partial charge in [-0.1, -0.05) is 0 Å². The van der Waals surface area contributed by atoms with E-state index in [1.54, 1.807) is 30.1 Å². The van der Waals surface area contributed by atoms with Gasteiger partial charge >= 0.3 is 0 Å². The maximum Gasteiger partial charge on any atom is 0.240 e. The fraction of sp³-hybridized carbons (Fsp3) is 0.400. The van der Waals surface area contributed by atoms with Crippen molar-refractivity contribution in [2.45, 2.75) is 50.6 Å². The molecule has 0 atom stereocenters. The second kappa shape index (κ2) is 9.06. The van der Waals surface area contributed by atoms with E-state index in [4.69, 9.17) is 0 Å². The van der Waals surface area contributed by atoms with Crippen LogP contribution in [0.1, 0.15) is 37.1 Å². The lowest BCUT2D eigenvalue weighted by atomic mass is 10.1. The summed E-state index contributed by atoms with van der Waals surface area (Å²) in [7, 11) is -3.57. The first-order valence-electron chi connectivity index (χ1n) is 9.50. The van der Waals surface area contributed by atoms with Crippen molar-refractivity contribution < 1.29 is 18.0 Å². The van der Waals surface area contributed by atoms with Crippen LogP contribution in [0.25, 0.3) is 0 Å². The summed E-state index contributed by atoms with van der Waals surface area (Å²) in [4.78, 5) is 27.8. The first kappa shape index (κ1) is 21.5. The Balaban J connectivity index is 1.49. The van der Waals surface area contributed by atoms with Gasteiger partial charge < -0.3 is 10.2 Å². The third kappa shape index (κ3) is 5.65. The van der Waals surface area contributed by atoms with E-state index in [1.807, 2.05) is 11.4 Å². The second-order valence-electron chi connectivity index (χ2n) is 7.28. The zero-order valence-electron chi connectivity index (χ0n) is 16.5. The summed E-state index contributed by atoms with van der Waals surface area (Å²) in [5.41, 5.74) is 1.69. The molecule has 1 aromatic carbocycles. The summed E-state index contributed by atoms with van der Waals surface area (Å²) in [6, 6.07) is 7.81. The van der Waals surface area contributed by atoms with Crippen LogP contribution in [-0.2, 0) is 32.6 Å². The highest BCUT2D eigenvalue weighted by Crippen LogP contribution is 2.24. The van der Waals surface area contributed by atoms with E-state index in [9.17, 15) is 18.0 Å². The number of carbonyl (C=O) groups excluding carboxylic acids is 2. The minimum atomic E-state index is -3.57. The minimum absolute atomic E-state index is 0.0294. The largest absolute Gasteiger partial charge is 0.338 e. The standard InChI is InChI=1S/C20H25N3O4S2/c1-14(2)22-29(26,27)17-5-3-16(4-6-17)21-19(24)7-8-20(25)23-11-9-18-15(13-23)10-12-28-18/h3-6,10,12,14,22H,7-9,11,13H2,1-2H3,(H,21,24). The molecule has 3 rings (SSSR count). The molecule has 1 aromatic heterocycles. The van der Waals surface area contributed by atoms with Crippen molar-refractivity contribution in [2.75, 3.05) is 11.9 Å². The number of thiophene rings is 1. The number of fused-ring (bicyclic) bond motifs is 1. The van der Waals surface area contributed by atoms with Gasteiger partial charge in [0.1, 0.15) is 0 Å². The van der Waals surface area contributed by atoms with Crippen molar-refractivity contribution in [3.8, 4) is 0 Å². The molecule has 0 bridgehead atoms. The molecule has 7 nitrogen and oxygen atoms in total. The van der Waals surface area contributed by atoms with E-state index < -0.39 is 10.0 Å². The number of hydrogen-bond donors (Lipinski definition) is 2. The quantitative estimate of drug-likeness (QED) is 0.699. The molecule has 2 aromatic rings. The van der Waals surface area contributed by atoms with Gasteiger partial charge in [-0.25, -0.2) is 13.1 Å². The summed E-state index contributed by atoms with van der Waals surface area (Å²) in [5, 5.41) is 4.75.